The van der Waals surface area contributed by atoms with Crippen LogP contribution < -0.4 is 0 Å². The maximum Gasteiger partial charge on any atom is 0.168 e. The number of aromatic nitrogens is 2. The molecule has 0 aromatic carbocycles. The van der Waals surface area contributed by atoms with Crippen LogP contribution in [0, 0.1) is 0 Å². The highest BCUT2D eigenvalue weighted by Crippen LogP contribution is 2.44. The first-order valence-electron chi connectivity index (χ1n) is 7.55. The van der Waals surface area contributed by atoms with Crippen LogP contribution in [0.5, 0.6) is 0 Å². The van der Waals surface area contributed by atoms with Crippen LogP contribution in [0.2, 0.25) is 0 Å². The second kappa shape index (κ2) is 5.38. The van der Waals surface area contributed by atoms with Gasteiger partial charge in [0.1, 0.15) is 5.60 Å². The zero-order chi connectivity index (χ0) is 15.0. The minimum atomic E-state index is -0.888. The Morgan fingerprint density at radius 1 is 1.09 bits per heavy atom. The summed E-state index contributed by atoms with van der Waals surface area (Å²) in [5, 5.41) is 12.9. The van der Waals surface area contributed by atoms with E-state index < -0.39 is 11.4 Å². The molecule has 0 radical (unpaired) electrons. The van der Waals surface area contributed by atoms with Crippen molar-refractivity contribution in [1.29, 1.82) is 0 Å². The highest BCUT2D eigenvalue weighted by atomic mass is 32.1. The quantitative estimate of drug-likeness (QED) is 0.921. The van der Waals surface area contributed by atoms with E-state index in [1.54, 1.807) is 23.0 Å². The molecule has 0 atom stereocenters. The molecule has 0 amide bonds. The van der Waals surface area contributed by atoms with Crippen LogP contribution in [-0.2, 0) is 15.1 Å². The van der Waals surface area contributed by atoms with Gasteiger partial charge < -0.3 is 14.6 Å². The van der Waals surface area contributed by atoms with Gasteiger partial charge in [-0.2, -0.15) is 0 Å². The fourth-order valence-electron chi connectivity index (χ4n) is 3.26. The third-order valence-corrected chi connectivity index (χ3v) is 5.21. The summed E-state index contributed by atoms with van der Waals surface area (Å²) in [6, 6.07) is 3.88. The fraction of sp³-hybridized carbons (Fsp3) is 0.500. The van der Waals surface area contributed by atoms with E-state index in [4.69, 9.17) is 9.47 Å². The van der Waals surface area contributed by atoms with E-state index in [-0.39, 0.29) is 1.43 Å². The lowest BCUT2D eigenvalue weighted by molar-refractivity contribution is -0.204. The number of pyridine rings is 1. The highest BCUT2D eigenvalue weighted by molar-refractivity contribution is 7.07. The highest BCUT2D eigenvalue weighted by Gasteiger charge is 2.46. The summed E-state index contributed by atoms with van der Waals surface area (Å²) >= 11 is 1.56. The van der Waals surface area contributed by atoms with Crippen LogP contribution in [0.25, 0.3) is 11.3 Å². The minimum absolute atomic E-state index is 0. The van der Waals surface area contributed by atoms with Gasteiger partial charge in [-0.05, 0) is 25.0 Å². The number of hydrogen-bond acceptors (Lipinski definition) is 6. The van der Waals surface area contributed by atoms with Gasteiger partial charge in [-0.1, -0.05) is 0 Å². The van der Waals surface area contributed by atoms with E-state index in [0.29, 0.717) is 38.9 Å². The fourth-order valence-corrected chi connectivity index (χ4v) is 3.82. The molecule has 1 N–H and O–H groups in total. The Hall–Kier alpha value is -1.34. The van der Waals surface area contributed by atoms with E-state index >= 15 is 0 Å². The van der Waals surface area contributed by atoms with Gasteiger partial charge in [0.15, 0.2) is 5.79 Å². The largest absolute Gasteiger partial charge is 0.384 e. The maximum absolute atomic E-state index is 10.9. The predicted octanol–water partition coefficient (Wildman–Crippen LogP) is 2.96. The van der Waals surface area contributed by atoms with Crippen molar-refractivity contribution in [1.82, 2.24) is 9.97 Å². The maximum atomic E-state index is 10.9. The lowest BCUT2D eigenvalue weighted by Crippen LogP contribution is -2.42. The van der Waals surface area contributed by atoms with E-state index in [2.05, 4.69) is 9.97 Å². The van der Waals surface area contributed by atoms with Crippen LogP contribution in [0.3, 0.4) is 0 Å². The van der Waals surface area contributed by atoms with Gasteiger partial charge in [-0.25, -0.2) is 4.98 Å². The van der Waals surface area contributed by atoms with Gasteiger partial charge in [-0.15, -0.1) is 11.3 Å². The molecular formula is C16H20N2O3S. The summed E-state index contributed by atoms with van der Waals surface area (Å²) in [6.07, 6.45) is 4.42. The summed E-state index contributed by atoms with van der Waals surface area (Å²) < 4.78 is 11.4. The molecule has 1 aliphatic carbocycles. The lowest BCUT2D eigenvalue weighted by atomic mass is 9.79. The summed E-state index contributed by atoms with van der Waals surface area (Å²) in [5.74, 6) is -0.466. The smallest absolute Gasteiger partial charge is 0.168 e. The molecule has 5 nitrogen and oxygen atoms in total. The Morgan fingerprint density at radius 2 is 1.86 bits per heavy atom. The zero-order valence-corrected chi connectivity index (χ0v) is 13.0. The van der Waals surface area contributed by atoms with Crippen molar-refractivity contribution >= 4 is 11.3 Å². The Kier molecular flexibility index (Phi) is 3.49. The number of nitrogens with zero attached hydrogens (tertiary/aromatic N) is 2. The molecule has 4 rings (SSSR count). The van der Waals surface area contributed by atoms with Crippen molar-refractivity contribution in [3.8, 4) is 11.3 Å². The first-order valence-corrected chi connectivity index (χ1v) is 8.49. The van der Waals surface area contributed by atoms with Gasteiger partial charge in [0.05, 0.1) is 30.1 Å². The van der Waals surface area contributed by atoms with Crippen LogP contribution in [0.1, 0.15) is 32.8 Å². The molecule has 1 spiro atoms. The monoisotopic (exact) mass is 320 g/mol. The van der Waals surface area contributed by atoms with Crippen LogP contribution in [-0.4, -0.2) is 34.1 Å². The SMILES string of the molecule is OC1(c2ccc(-c3cscn3)cn2)CCC2(CC1)OCCO2.[HH]. The number of hydrogen-bond donors (Lipinski definition) is 1. The standard InChI is InChI=1S/C16H18N2O3S.H2/c19-15(3-5-16(6-4-15)20-7-8-21-16)14-2-1-12(9-17-14)13-10-22-11-18-13;/h1-2,9-11,19H,3-8H2;1H. The normalized spacial score (nSPS) is 23.0. The van der Waals surface area contributed by atoms with Gasteiger partial charge in [0.2, 0.25) is 0 Å². The summed E-state index contributed by atoms with van der Waals surface area (Å²) in [4.78, 5) is 8.76. The Bertz CT molecular complexity index is 632. The second-order valence-electron chi connectivity index (χ2n) is 5.94. The summed E-state index contributed by atoms with van der Waals surface area (Å²) in [6.45, 7) is 1.30. The van der Waals surface area contributed by atoms with Crippen molar-refractivity contribution in [2.24, 2.45) is 0 Å². The Morgan fingerprint density at radius 3 is 2.45 bits per heavy atom. The number of aliphatic hydroxyl groups is 1. The van der Waals surface area contributed by atoms with Crippen molar-refractivity contribution in [2.75, 3.05) is 13.2 Å². The molecule has 6 heteroatoms. The molecule has 2 aliphatic rings. The number of rotatable bonds is 2. The van der Waals surface area contributed by atoms with Crippen LogP contribution >= 0.6 is 11.3 Å². The van der Waals surface area contributed by atoms with E-state index in [9.17, 15) is 5.11 Å². The first kappa shape index (κ1) is 14.3. The van der Waals surface area contributed by atoms with Crippen molar-refractivity contribution in [3.63, 3.8) is 0 Å². The molecule has 2 aromatic rings. The lowest BCUT2D eigenvalue weighted by Gasteiger charge is -2.40. The average Bonchev–Trinajstić information content (AvgIpc) is 3.23. The molecule has 1 saturated heterocycles. The van der Waals surface area contributed by atoms with Gasteiger partial charge in [0.25, 0.3) is 0 Å². The molecule has 118 valence electrons. The van der Waals surface area contributed by atoms with Crippen LogP contribution in [0.4, 0.5) is 0 Å². The molecule has 3 heterocycles. The van der Waals surface area contributed by atoms with Crippen molar-refractivity contribution in [2.45, 2.75) is 37.1 Å². The molecule has 2 aromatic heterocycles. The van der Waals surface area contributed by atoms with Gasteiger partial charge in [-0.3, -0.25) is 4.98 Å². The Balaban J connectivity index is 0.00000156. The van der Waals surface area contributed by atoms with Gasteiger partial charge in [0, 0.05) is 31.4 Å². The summed E-state index contributed by atoms with van der Waals surface area (Å²) in [7, 11) is 0. The molecule has 0 unspecified atom stereocenters. The molecule has 0 bridgehead atoms. The molecular weight excluding hydrogens is 300 g/mol. The predicted molar refractivity (Wildman–Crippen MR) is 84.5 cm³/mol. The summed E-state index contributed by atoms with van der Waals surface area (Å²) in [5.41, 5.74) is 3.54. The molecule has 2 fully saturated rings. The van der Waals surface area contributed by atoms with Gasteiger partial charge >= 0.3 is 0 Å². The Labute approximate surface area is 134 Å². The zero-order valence-electron chi connectivity index (χ0n) is 12.2. The third-order valence-electron chi connectivity index (χ3n) is 4.62. The van der Waals surface area contributed by atoms with Crippen molar-refractivity contribution < 1.29 is 16.0 Å². The van der Waals surface area contributed by atoms with E-state index in [1.165, 1.54) is 0 Å². The third kappa shape index (κ3) is 2.46. The number of ether oxygens (including phenoxy) is 2. The topological polar surface area (TPSA) is 64.5 Å². The molecule has 1 aliphatic heterocycles. The van der Waals surface area contributed by atoms with Crippen molar-refractivity contribution in [3.05, 3.63) is 34.9 Å². The average molecular weight is 320 g/mol. The first-order chi connectivity index (χ1) is 10.7. The second-order valence-corrected chi connectivity index (χ2v) is 6.66. The molecule has 22 heavy (non-hydrogen) atoms. The minimum Gasteiger partial charge on any atom is -0.384 e. The molecule has 1 saturated carbocycles. The van der Waals surface area contributed by atoms with E-state index in [1.807, 2.05) is 17.5 Å². The van der Waals surface area contributed by atoms with E-state index in [0.717, 1.165) is 17.0 Å². The van der Waals surface area contributed by atoms with Crippen LogP contribution in [0.15, 0.2) is 29.2 Å². The number of thiazole rings is 1.